The van der Waals surface area contributed by atoms with Crippen LogP contribution in [0.15, 0.2) is 42.5 Å². The average Bonchev–Trinajstić information content (AvgIpc) is 3.05. The van der Waals surface area contributed by atoms with Gasteiger partial charge in [-0.3, -0.25) is 9.59 Å². The van der Waals surface area contributed by atoms with Gasteiger partial charge in [-0.15, -0.1) is 0 Å². The largest absolute Gasteiger partial charge is 0.336 e. The van der Waals surface area contributed by atoms with E-state index >= 15 is 0 Å². The van der Waals surface area contributed by atoms with Crippen molar-refractivity contribution in [2.24, 2.45) is 5.92 Å². The van der Waals surface area contributed by atoms with Crippen LogP contribution < -0.4 is 0 Å². The van der Waals surface area contributed by atoms with Gasteiger partial charge in [0, 0.05) is 31.6 Å². The Hall–Kier alpha value is -2.83. The number of fused-ring (bicyclic) bond motifs is 1. The van der Waals surface area contributed by atoms with E-state index in [9.17, 15) is 22.8 Å². The highest BCUT2D eigenvalue weighted by molar-refractivity contribution is 5.94. The summed E-state index contributed by atoms with van der Waals surface area (Å²) in [5, 5.41) is 0. The van der Waals surface area contributed by atoms with Crippen LogP contribution in [0.3, 0.4) is 0 Å². The molecule has 2 aromatic carbocycles. The van der Waals surface area contributed by atoms with Gasteiger partial charge in [0.2, 0.25) is 5.91 Å². The van der Waals surface area contributed by atoms with Crippen LogP contribution in [0.4, 0.5) is 13.2 Å². The highest BCUT2D eigenvalue weighted by Crippen LogP contribution is 2.32. The Labute approximate surface area is 166 Å². The van der Waals surface area contributed by atoms with Crippen LogP contribution in [0.2, 0.25) is 0 Å². The summed E-state index contributed by atoms with van der Waals surface area (Å²) in [4.78, 5) is 28.9. The first-order chi connectivity index (χ1) is 13.9. The Morgan fingerprint density at radius 1 is 1.03 bits per heavy atom. The maximum Gasteiger partial charge on any atom is 0.254 e. The van der Waals surface area contributed by atoms with E-state index in [0.29, 0.717) is 25.1 Å². The number of amides is 2. The molecule has 2 aromatic rings. The van der Waals surface area contributed by atoms with Crippen LogP contribution in [-0.2, 0) is 11.3 Å². The van der Waals surface area contributed by atoms with Crippen molar-refractivity contribution < 1.29 is 22.8 Å². The summed E-state index contributed by atoms with van der Waals surface area (Å²) in [5.74, 6) is -2.71. The number of likely N-dealkylation sites (tertiary alicyclic amines) is 2. The second-order valence-corrected chi connectivity index (χ2v) is 7.71. The van der Waals surface area contributed by atoms with Crippen LogP contribution in [0, 0.1) is 23.4 Å². The first-order valence-electron chi connectivity index (χ1n) is 9.70. The molecule has 0 saturated carbocycles. The Balaban J connectivity index is 1.55. The number of benzene rings is 2. The summed E-state index contributed by atoms with van der Waals surface area (Å²) in [6.45, 7) is 1.06. The molecular weight excluding hydrogens is 381 g/mol. The molecule has 0 radical (unpaired) electrons. The van der Waals surface area contributed by atoms with Gasteiger partial charge < -0.3 is 9.80 Å². The van der Waals surface area contributed by atoms with Crippen LogP contribution in [0.25, 0.3) is 0 Å². The van der Waals surface area contributed by atoms with E-state index in [1.54, 1.807) is 21.9 Å². The van der Waals surface area contributed by atoms with E-state index < -0.39 is 11.6 Å². The quantitative estimate of drug-likeness (QED) is 0.785. The first kappa shape index (κ1) is 19.5. The predicted molar refractivity (Wildman–Crippen MR) is 100 cm³/mol. The first-order valence-corrected chi connectivity index (χ1v) is 9.70. The number of carbonyl (C=O) groups is 2. The number of carbonyl (C=O) groups excluding carboxylic acids is 2. The Kier molecular flexibility index (Phi) is 5.30. The monoisotopic (exact) mass is 402 g/mol. The molecule has 7 heteroatoms. The highest BCUT2D eigenvalue weighted by atomic mass is 19.2. The van der Waals surface area contributed by atoms with Crippen molar-refractivity contribution in [3.63, 3.8) is 0 Å². The summed E-state index contributed by atoms with van der Waals surface area (Å²) >= 11 is 0. The minimum Gasteiger partial charge on any atom is -0.336 e. The van der Waals surface area contributed by atoms with Crippen LogP contribution in [0.5, 0.6) is 0 Å². The van der Waals surface area contributed by atoms with Crippen molar-refractivity contribution in [3.8, 4) is 0 Å². The average molecular weight is 402 g/mol. The molecule has 0 aliphatic carbocycles. The zero-order chi connectivity index (χ0) is 20.5. The third-order valence-electron chi connectivity index (χ3n) is 5.79. The van der Waals surface area contributed by atoms with Gasteiger partial charge in [-0.1, -0.05) is 12.1 Å². The van der Waals surface area contributed by atoms with Crippen molar-refractivity contribution in [3.05, 3.63) is 71.0 Å². The molecule has 0 spiro atoms. The molecular formula is C22H21F3N2O2. The fourth-order valence-electron chi connectivity index (χ4n) is 4.35. The van der Waals surface area contributed by atoms with Crippen LogP contribution >= 0.6 is 0 Å². The molecule has 2 amide bonds. The van der Waals surface area contributed by atoms with Gasteiger partial charge in [0.1, 0.15) is 5.82 Å². The number of rotatable bonds is 3. The van der Waals surface area contributed by atoms with Crippen molar-refractivity contribution in [2.45, 2.75) is 31.8 Å². The van der Waals surface area contributed by atoms with E-state index in [0.717, 1.165) is 25.0 Å². The molecule has 2 heterocycles. The lowest BCUT2D eigenvalue weighted by Crippen LogP contribution is -2.43. The summed E-state index contributed by atoms with van der Waals surface area (Å²) in [6.07, 6.45) is 1.96. The van der Waals surface area contributed by atoms with Gasteiger partial charge in [0.15, 0.2) is 11.6 Å². The number of halogens is 3. The van der Waals surface area contributed by atoms with Crippen molar-refractivity contribution >= 4 is 11.8 Å². The fourth-order valence-corrected chi connectivity index (χ4v) is 4.35. The highest BCUT2D eigenvalue weighted by Gasteiger charge is 2.42. The molecule has 29 heavy (non-hydrogen) atoms. The summed E-state index contributed by atoms with van der Waals surface area (Å²) < 4.78 is 40.3. The molecule has 2 fully saturated rings. The summed E-state index contributed by atoms with van der Waals surface area (Å²) in [7, 11) is 0. The van der Waals surface area contributed by atoms with Crippen LogP contribution in [-0.4, -0.2) is 40.7 Å². The summed E-state index contributed by atoms with van der Waals surface area (Å²) in [6, 6.07) is 9.08. The summed E-state index contributed by atoms with van der Waals surface area (Å²) in [5.41, 5.74) is 0.785. The molecule has 2 atom stereocenters. The van der Waals surface area contributed by atoms with Gasteiger partial charge in [0.25, 0.3) is 5.91 Å². The SMILES string of the molecule is O=C(c1ccc(F)c(F)c1)N1C[C@H]2CCCC(=O)N(Cc3cccc(F)c3)[C@H]2C1. The lowest BCUT2D eigenvalue weighted by molar-refractivity contribution is -0.133. The maximum absolute atomic E-state index is 13.6. The molecule has 4 rings (SSSR count). The lowest BCUT2D eigenvalue weighted by Gasteiger charge is -2.30. The van der Waals surface area contributed by atoms with Crippen molar-refractivity contribution in [2.75, 3.05) is 13.1 Å². The van der Waals surface area contributed by atoms with Gasteiger partial charge in [-0.25, -0.2) is 13.2 Å². The Morgan fingerprint density at radius 2 is 1.86 bits per heavy atom. The molecule has 2 aliphatic rings. The zero-order valence-electron chi connectivity index (χ0n) is 15.8. The lowest BCUT2D eigenvalue weighted by atomic mass is 9.98. The van der Waals surface area contributed by atoms with Gasteiger partial charge in [0.05, 0.1) is 6.04 Å². The topological polar surface area (TPSA) is 40.6 Å². The molecule has 4 nitrogen and oxygen atoms in total. The van der Waals surface area contributed by atoms with E-state index in [4.69, 9.17) is 0 Å². The molecule has 2 aliphatic heterocycles. The fraction of sp³-hybridized carbons (Fsp3) is 0.364. The number of nitrogens with zero attached hydrogens (tertiary/aromatic N) is 2. The molecule has 0 unspecified atom stereocenters. The minimum atomic E-state index is -1.06. The smallest absolute Gasteiger partial charge is 0.254 e. The normalized spacial score (nSPS) is 21.8. The van der Waals surface area contributed by atoms with Crippen molar-refractivity contribution in [1.29, 1.82) is 0 Å². The third kappa shape index (κ3) is 3.99. The third-order valence-corrected chi connectivity index (χ3v) is 5.79. The standard InChI is InChI=1S/C22H21F3N2O2/c23-17-5-1-3-14(9-17)11-27-20-13-26(12-16(20)4-2-6-21(27)28)22(29)15-7-8-18(24)19(25)10-15/h1,3,5,7-10,16,20H,2,4,6,11-13H2/t16-,20+/m1/s1. The molecule has 0 N–H and O–H groups in total. The number of hydrogen-bond donors (Lipinski definition) is 0. The van der Waals surface area contributed by atoms with E-state index in [2.05, 4.69) is 0 Å². The number of hydrogen-bond acceptors (Lipinski definition) is 2. The predicted octanol–water partition coefficient (Wildman–Crippen LogP) is 3.76. The molecule has 0 aromatic heterocycles. The zero-order valence-corrected chi connectivity index (χ0v) is 15.8. The molecule has 152 valence electrons. The van der Waals surface area contributed by atoms with E-state index in [-0.39, 0.29) is 41.7 Å². The van der Waals surface area contributed by atoms with E-state index in [1.165, 1.54) is 18.2 Å². The Bertz CT molecular complexity index is 949. The van der Waals surface area contributed by atoms with Gasteiger partial charge in [-0.05, 0) is 54.7 Å². The van der Waals surface area contributed by atoms with E-state index in [1.807, 2.05) is 0 Å². The van der Waals surface area contributed by atoms with Crippen LogP contribution in [0.1, 0.15) is 35.2 Å². The van der Waals surface area contributed by atoms with Gasteiger partial charge >= 0.3 is 0 Å². The Morgan fingerprint density at radius 3 is 2.62 bits per heavy atom. The molecule has 0 bridgehead atoms. The molecule has 2 saturated heterocycles. The second-order valence-electron chi connectivity index (χ2n) is 7.71. The maximum atomic E-state index is 13.6. The second kappa shape index (κ2) is 7.89. The van der Waals surface area contributed by atoms with Gasteiger partial charge in [-0.2, -0.15) is 0 Å². The minimum absolute atomic E-state index is 0.0103. The van der Waals surface area contributed by atoms with Crippen molar-refractivity contribution in [1.82, 2.24) is 9.80 Å².